The van der Waals surface area contributed by atoms with Gasteiger partial charge in [-0.05, 0) is 57.3 Å². The van der Waals surface area contributed by atoms with E-state index in [9.17, 15) is 9.59 Å². The molecule has 6 heteroatoms. The smallest absolute Gasteiger partial charge is 0.271 e. The molecule has 1 atom stereocenters. The van der Waals surface area contributed by atoms with Crippen molar-refractivity contribution in [1.29, 1.82) is 0 Å². The Morgan fingerprint density at radius 1 is 1.33 bits per heavy atom. The first-order chi connectivity index (χ1) is 11.6. The number of aryl methyl sites for hydroxylation is 1. The molecule has 0 bridgehead atoms. The van der Waals surface area contributed by atoms with Crippen LogP contribution in [0, 0.1) is 12.8 Å². The minimum Gasteiger partial charge on any atom is -0.351 e. The van der Waals surface area contributed by atoms with E-state index in [0.717, 1.165) is 30.8 Å². The highest BCUT2D eigenvalue weighted by Gasteiger charge is 2.15. The predicted octanol–water partition coefficient (Wildman–Crippen LogP) is 1.59. The van der Waals surface area contributed by atoms with Gasteiger partial charge in [0, 0.05) is 12.6 Å². The van der Waals surface area contributed by atoms with Gasteiger partial charge in [-0.1, -0.05) is 17.7 Å². The molecular weight excluding hydrogens is 304 g/mol. The fourth-order valence-electron chi connectivity index (χ4n) is 3.05. The molecule has 1 aliphatic heterocycles. The van der Waals surface area contributed by atoms with Crippen LogP contribution in [0.1, 0.15) is 35.3 Å². The molecule has 1 aromatic heterocycles. The summed E-state index contributed by atoms with van der Waals surface area (Å²) in [6.45, 7) is 4.73. The maximum absolute atomic E-state index is 12.2. The molecule has 1 fully saturated rings. The summed E-state index contributed by atoms with van der Waals surface area (Å²) in [7, 11) is 0. The Balaban J connectivity index is 1.60. The number of benzene rings is 1. The van der Waals surface area contributed by atoms with E-state index in [1.54, 1.807) is 0 Å². The van der Waals surface area contributed by atoms with E-state index in [0.29, 0.717) is 18.2 Å². The Hall–Kier alpha value is -2.34. The molecule has 6 nitrogen and oxygen atoms in total. The maximum Gasteiger partial charge on any atom is 0.271 e. The second kappa shape index (κ2) is 7.49. The molecule has 2 heterocycles. The third-order valence-corrected chi connectivity index (χ3v) is 4.49. The summed E-state index contributed by atoms with van der Waals surface area (Å²) < 4.78 is 1.39. The van der Waals surface area contributed by atoms with E-state index in [-0.39, 0.29) is 11.5 Å². The zero-order valence-corrected chi connectivity index (χ0v) is 14.0. The molecule has 2 aromatic rings. The van der Waals surface area contributed by atoms with Crippen molar-refractivity contribution in [3.63, 3.8) is 0 Å². The monoisotopic (exact) mass is 328 g/mol. The van der Waals surface area contributed by atoms with E-state index in [1.165, 1.54) is 23.6 Å². The molecule has 1 unspecified atom stereocenters. The van der Waals surface area contributed by atoms with Crippen LogP contribution in [0.25, 0.3) is 5.69 Å². The minimum absolute atomic E-state index is 0.235. The maximum atomic E-state index is 12.2. The molecule has 3 N–H and O–H groups in total. The molecule has 0 spiro atoms. The summed E-state index contributed by atoms with van der Waals surface area (Å²) in [5, 5.41) is 9.16. The van der Waals surface area contributed by atoms with Crippen molar-refractivity contribution in [3.8, 4) is 5.69 Å². The number of piperidine rings is 1. The fraction of sp³-hybridized carbons (Fsp3) is 0.444. The first kappa shape index (κ1) is 16.5. The number of nitrogens with zero attached hydrogens (tertiary/aromatic N) is 1. The van der Waals surface area contributed by atoms with Crippen molar-refractivity contribution in [2.24, 2.45) is 5.92 Å². The Labute approximate surface area is 141 Å². The summed E-state index contributed by atoms with van der Waals surface area (Å²) >= 11 is 0. The number of carbonyl (C=O) groups excluding carboxylic acids is 1. The number of hydrogen-bond acceptors (Lipinski definition) is 3. The number of nitrogens with one attached hydrogen (secondary N) is 3. The molecule has 0 radical (unpaired) electrons. The van der Waals surface area contributed by atoms with Gasteiger partial charge < -0.3 is 10.6 Å². The molecule has 0 saturated carbocycles. The number of H-pyrrole nitrogens is 1. The average Bonchev–Trinajstić information content (AvgIpc) is 2.98. The van der Waals surface area contributed by atoms with Gasteiger partial charge in [-0.15, -0.1) is 0 Å². The molecule has 1 aromatic carbocycles. The van der Waals surface area contributed by atoms with Gasteiger partial charge in [0.1, 0.15) is 5.69 Å². The Bertz CT molecular complexity index is 739. The van der Waals surface area contributed by atoms with Crippen molar-refractivity contribution in [1.82, 2.24) is 20.4 Å². The van der Waals surface area contributed by atoms with Crippen LogP contribution in [0.15, 0.2) is 35.1 Å². The van der Waals surface area contributed by atoms with Crippen molar-refractivity contribution < 1.29 is 4.79 Å². The van der Waals surface area contributed by atoms with Gasteiger partial charge in [0.15, 0.2) is 0 Å². The van der Waals surface area contributed by atoms with Crippen LogP contribution in [-0.2, 0) is 0 Å². The van der Waals surface area contributed by atoms with E-state index in [2.05, 4.69) is 15.7 Å². The molecule has 1 amide bonds. The highest BCUT2D eigenvalue weighted by atomic mass is 16.2. The number of carbonyl (C=O) groups is 1. The van der Waals surface area contributed by atoms with E-state index < -0.39 is 0 Å². The Kier molecular flexibility index (Phi) is 5.15. The SMILES string of the molecule is Cc1ccc(-n2[nH]c(C(=O)NCCC3CCCNC3)cc2=O)cc1. The lowest BCUT2D eigenvalue weighted by Crippen LogP contribution is -2.33. The highest BCUT2D eigenvalue weighted by Crippen LogP contribution is 2.13. The first-order valence-corrected chi connectivity index (χ1v) is 8.51. The molecule has 1 saturated heterocycles. The van der Waals surface area contributed by atoms with Crippen LogP contribution in [0.5, 0.6) is 0 Å². The highest BCUT2D eigenvalue weighted by molar-refractivity contribution is 5.92. The van der Waals surface area contributed by atoms with Gasteiger partial charge in [0.05, 0.1) is 5.69 Å². The van der Waals surface area contributed by atoms with Gasteiger partial charge in [0.25, 0.3) is 11.5 Å². The lowest BCUT2D eigenvalue weighted by atomic mass is 9.96. The Morgan fingerprint density at radius 3 is 2.83 bits per heavy atom. The number of hydrogen-bond donors (Lipinski definition) is 3. The van der Waals surface area contributed by atoms with Crippen molar-refractivity contribution in [3.05, 3.63) is 51.9 Å². The molecule has 3 rings (SSSR count). The van der Waals surface area contributed by atoms with E-state index >= 15 is 0 Å². The molecule has 24 heavy (non-hydrogen) atoms. The normalized spacial score (nSPS) is 17.6. The van der Waals surface area contributed by atoms with Crippen LogP contribution >= 0.6 is 0 Å². The quantitative estimate of drug-likeness (QED) is 0.780. The van der Waals surface area contributed by atoms with Crippen LogP contribution in [0.4, 0.5) is 0 Å². The molecule has 128 valence electrons. The summed E-state index contributed by atoms with van der Waals surface area (Å²) in [4.78, 5) is 24.3. The molecular formula is C18H24N4O2. The topological polar surface area (TPSA) is 78.9 Å². The lowest BCUT2D eigenvalue weighted by Gasteiger charge is -2.22. The second-order valence-electron chi connectivity index (χ2n) is 6.44. The van der Waals surface area contributed by atoms with E-state index in [1.807, 2.05) is 31.2 Å². The van der Waals surface area contributed by atoms with Gasteiger partial charge >= 0.3 is 0 Å². The molecule has 0 aliphatic carbocycles. The second-order valence-corrected chi connectivity index (χ2v) is 6.44. The van der Waals surface area contributed by atoms with Gasteiger partial charge in [-0.3, -0.25) is 14.7 Å². The zero-order valence-electron chi connectivity index (χ0n) is 14.0. The number of rotatable bonds is 5. The van der Waals surface area contributed by atoms with Gasteiger partial charge in [0.2, 0.25) is 0 Å². The third-order valence-electron chi connectivity index (χ3n) is 4.49. The Morgan fingerprint density at radius 2 is 2.12 bits per heavy atom. The largest absolute Gasteiger partial charge is 0.351 e. The molecule has 1 aliphatic rings. The summed E-state index contributed by atoms with van der Waals surface area (Å²) in [6, 6.07) is 8.91. The van der Waals surface area contributed by atoms with Crippen LogP contribution in [-0.4, -0.2) is 35.3 Å². The number of aromatic amines is 1. The third kappa shape index (κ3) is 3.94. The fourth-order valence-corrected chi connectivity index (χ4v) is 3.05. The first-order valence-electron chi connectivity index (χ1n) is 8.51. The van der Waals surface area contributed by atoms with Crippen LogP contribution in [0.3, 0.4) is 0 Å². The van der Waals surface area contributed by atoms with Crippen molar-refractivity contribution >= 4 is 5.91 Å². The zero-order chi connectivity index (χ0) is 16.9. The van der Waals surface area contributed by atoms with Crippen molar-refractivity contribution in [2.45, 2.75) is 26.2 Å². The van der Waals surface area contributed by atoms with Gasteiger partial charge in [-0.25, -0.2) is 4.68 Å². The van der Waals surface area contributed by atoms with Crippen LogP contribution < -0.4 is 16.2 Å². The number of aromatic nitrogens is 2. The van der Waals surface area contributed by atoms with Crippen molar-refractivity contribution in [2.75, 3.05) is 19.6 Å². The van der Waals surface area contributed by atoms with E-state index in [4.69, 9.17) is 0 Å². The predicted molar refractivity (Wildman–Crippen MR) is 93.7 cm³/mol. The van der Waals surface area contributed by atoms with Gasteiger partial charge in [-0.2, -0.15) is 0 Å². The van der Waals surface area contributed by atoms with Crippen LogP contribution in [0.2, 0.25) is 0 Å². The number of amides is 1. The minimum atomic E-state index is -0.236. The lowest BCUT2D eigenvalue weighted by molar-refractivity contribution is 0.0945. The standard InChI is InChI=1S/C18H24N4O2/c1-13-4-6-15(7-5-13)22-17(23)11-16(21-22)18(24)20-10-8-14-3-2-9-19-12-14/h4-7,11,14,19,21H,2-3,8-10,12H2,1H3,(H,20,24). The summed E-state index contributed by atoms with van der Waals surface area (Å²) in [6.07, 6.45) is 3.37. The summed E-state index contributed by atoms with van der Waals surface area (Å²) in [5.74, 6) is 0.386. The summed E-state index contributed by atoms with van der Waals surface area (Å²) in [5.41, 5.74) is 1.90. The average molecular weight is 328 g/mol.